The molecule has 2 aromatic rings. The molecule has 0 unspecified atom stereocenters. The minimum Gasteiger partial charge on any atom is -0.379 e. The van der Waals surface area contributed by atoms with Gasteiger partial charge in [-0.05, 0) is 56.0 Å². The number of piperidine rings is 1. The summed E-state index contributed by atoms with van der Waals surface area (Å²) in [4.78, 5) is 15.0. The van der Waals surface area contributed by atoms with Crippen LogP contribution in [-0.4, -0.2) is 53.4 Å². The van der Waals surface area contributed by atoms with Gasteiger partial charge in [0.05, 0.1) is 12.6 Å². The second kappa shape index (κ2) is 8.45. The summed E-state index contributed by atoms with van der Waals surface area (Å²) in [5.41, 5.74) is 4.39. The van der Waals surface area contributed by atoms with E-state index in [0.717, 1.165) is 57.7 Å². The van der Waals surface area contributed by atoms with Gasteiger partial charge < -0.3 is 10.1 Å². The molecule has 1 fully saturated rings. The number of methoxy groups -OCH3 is 1. The molecule has 1 aromatic carbocycles. The molecular formula is C22H30N4O2. The molecule has 6 heteroatoms. The van der Waals surface area contributed by atoms with Crippen LogP contribution >= 0.6 is 0 Å². The Morgan fingerprint density at radius 3 is 2.79 bits per heavy atom. The summed E-state index contributed by atoms with van der Waals surface area (Å²) in [6.45, 7) is 6.85. The van der Waals surface area contributed by atoms with Crippen molar-refractivity contribution in [1.82, 2.24) is 20.0 Å². The van der Waals surface area contributed by atoms with Crippen LogP contribution in [0.2, 0.25) is 0 Å². The van der Waals surface area contributed by atoms with Crippen LogP contribution < -0.4 is 5.32 Å². The number of rotatable bonds is 6. The number of aryl methyl sites for hydroxylation is 1. The number of fused-ring (bicyclic) bond motifs is 1. The SMILES string of the molecule is CO[C@H]1Cc2cc(C(=O)NCC3CCN(Cc4ccccc4C)CC3)nn2C1. The van der Waals surface area contributed by atoms with E-state index >= 15 is 0 Å². The molecule has 2 aliphatic rings. The first-order valence-electron chi connectivity index (χ1n) is 10.3. The Labute approximate surface area is 166 Å². The Hall–Kier alpha value is -2.18. The van der Waals surface area contributed by atoms with Gasteiger partial charge in [-0.1, -0.05) is 24.3 Å². The molecule has 1 amide bonds. The molecular weight excluding hydrogens is 352 g/mol. The molecule has 6 nitrogen and oxygen atoms in total. The van der Waals surface area contributed by atoms with Crippen molar-refractivity contribution < 1.29 is 9.53 Å². The molecule has 0 bridgehead atoms. The number of carbonyl (C=O) groups is 1. The van der Waals surface area contributed by atoms with E-state index in [9.17, 15) is 4.79 Å². The highest BCUT2D eigenvalue weighted by atomic mass is 16.5. The molecule has 0 saturated carbocycles. The number of nitrogens with one attached hydrogen (secondary N) is 1. The normalized spacial score (nSPS) is 20.3. The number of hydrogen-bond acceptors (Lipinski definition) is 4. The van der Waals surface area contributed by atoms with Gasteiger partial charge in [0.15, 0.2) is 0 Å². The Morgan fingerprint density at radius 2 is 2.07 bits per heavy atom. The van der Waals surface area contributed by atoms with Gasteiger partial charge in [-0.25, -0.2) is 0 Å². The fourth-order valence-electron chi connectivity index (χ4n) is 4.24. The first kappa shape index (κ1) is 19.2. The lowest BCUT2D eigenvalue weighted by molar-refractivity contribution is 0.0919. The van der Waals surface area contributed by atoms with Crippen molar-refractivity contribution in [3.05, 3.63) is 52.8 Å². The second-order valence-electron chi connectivity index (χ2n) is 8.12. The average molecular weight is 383 g/mol. The smallest absolute Gasteiger partial charge is 0.271 e. The number of benzene rings is 1. The lowest BCUT2D eigenvalue weighted by Gasteiger charge is -2.32. The molecule has 3 heterocycles. The third kappa shape index (κ3) is 4.28. The molecule has 0 spiro atoms. The molecule has 1 N–H and O–H groups in total. The third-order valence-corrected chi connectivity index (χ3v) is 6.16. The number of ether oxygens (including phenoxy) is 1. The quantitative estimate of drug-likeness (QED) is 0.834. The highest BCUT2D eigenvalue weighted by Gasteiger charge is 2.25. The maximum atomic E-state index is 12.5. The summed E-state index contributed by atoms with van der Waals surface area (Å²) < 4.78 is 7.26. The van der Waals surface area contributed by atoms with E-state index in [1.807, 2.05) is 10.7 Å². The maximum absolute atomic E-state index is 12.5. The van der Waals surface area contributed by atoms with Gasteiger partial charge >= 0.3 is 0 Å². The predicted octanol–water partition coefficient (Wildman–Crippen LogP) is 2.40. The number of aromatic nitrogens is 2. The molecule has 1 saturated heterocycles. The van der Waals surface area contributed by atoms with E-state index in [1.54, 1.807) is 7.11 Å². The van der Waals surface area contributed by atoms with Crippen LogP contribution in [0.3, 0.4) is 0 Å². The van der Waals surface area contributed by atoms with Crippen molar-refractivity contribution in [3.63, 3.8) is 0 Å². The van der Waals surface area contributed by atoms with Crippen molar-refractivity contribution in [2.75, 3.05) is 26.7 Å². The summed E-state index contributed by atoms with van der Waals surface area (Å²) in [6, 6.07) is 10.5. The van der Waals surface area contributed by atoms with Crippen LogP contribution in [-0.2, 0) is 24.2 Å². The van der Waals surface area contributed by atoms with Gasteiger partial charge in [0, 0.05) is 32.3 Å². The summed E-state index contributed by atoms with van der Waals surface area (Å²) in [5.74, 6) is 0.489. The van der Waals surface area contributed by atoms with Crippen molar-refractivity contribution in [3.8, 4) is 0 Å². The molecule has 1 atom stereocenters. The minimum absolute atomic E-state index is 0.0572. The number of likely N-dealkylation sites (tertiary alicyclic amines) is 1. The van der Waals surface area contributed by atoms with Crippen LogP contribution in [0, 0.1) is 12.8 Å². The van der Waals surface area contributed by atoms with E-state index in [0.29, 0.717) is 11.6 Å². The number of nitrogens with zero attached hydrogens (tertiary/aromatic N) is 3. The Kier molecular flexibility index (Phi) is 5.78. The highest BCUT2D eigenvalue weighted by molar-refractivity contribution is 5.92. The van der Waals surface area contributed by atoms with Crippen molar-refractivity contribution in [1.29, 1.82) is 0 Å². The monoisotopic (exact) mass is 382 g/mol. The largest absolute Gasteiger partial charge is 0.379 e. The van der Waals surface area contributed by atoms with Crippen molar-refractivity contribution in [2.24, 2.45) is 5.92 Å². The van der Waals surface area contributed by atoms with Gasteiger partial charge in [-0.3, -0.25) is 14.4 Å². The van der Waals surface area contributed by atoms with Crippen molar-refractivity contribution in [2.45, 2.75) is 45.4 Å². The summed E-state index contributed by atoms with van der Waals surface area (Å²) in [5, 5.41) is 7.53. The number of amides is 1. The zero-order chi connectivity index (χ0) is 19.5. The summed E-state index contributed by atoms with van der Waals surface area (Å²) in [7, 11) is 1.72. The first-order chi connectivity index (χ1) is 13.6. The van der Waals surface area contributed by atoms with Crippen LogP contribution in [0.15, 0.2) is 30.3 Å². The Bertz CT molecular complexity index is 800. The standard InChI is InChI=1S/C22H30N4O2/c1-16-5-3-4-6-18(16)14-25-9-7-17(8-10-25)13-23-22(27)21-12-19-11-20(28-2)15-26(19)24-21/h3-6,12,17,20H,7-11,13-15H2,1-2H3,(H,23,27)/t20-/m0/s1. The number of hydrogen-bond donors (Lipinski definition) is 1. The molecule has 4 rings (SSSR count). The van der Waals surface area contributed by atoms with Gasteiger partial charge in [-0.15, -0.1) is 0 Å². The average Bonchev–Trinajstić information content (AvgIpc) is 3.28. The van der Waals surface area contributed by atoms with E-state index < -0.39 is 0 Å². The lowest BCUT2D eigenvalue weighted by atomic mass is 9.96. The molecule has 2 aliphatic heterocycles. The molecule has 0 radical (unpaired) electrons. The van der Waals surface area contributed by atoms with Crippen LogP contribution in [0.5, 0.6) is 0 Å². The van der Waals surface area contributed by atoms with Gasteiger partial charge in [0.1, 0.15) is 5.69 Å². The Morgan fingerprint density at radius 1 is 1.29 bits per heavy atom. The fraction of sp³-hybridized carbons (Fsp3) is 0.545. The minimum atomic E-state index is -0.0572. The van der Waals surface area contributed by atoms with Gasteiger partial charge in [0.25, 0.3) is 5.91 Å². The van der Waals surface area contributed by atoms with Crippen LogP contribution in [0.4, 0.5) is 0 Å². The topological polar surface area (TPSA) is 59.4 Å². The van der Waals surface area contributed by atoms with Gasteiger partial charge in [-0.2, -0.15) is 5.10 Å². The van der Waals surface area contributed by atoms with Crippen molar-refractivity contribution >= 4 is 5.91 Å². The molecule has 0 aliphatic carbocycles. The van der Waals surface area contributed by atoms with Gasteiger partial charge in [0.2, 0.25) is 0 Å². The van der Waals surface area contributed by atoms with Crippen LogP contribution in [0.25, 0.3) is 0 Å². The molecule has 1 aromatic heterocycles. The second-order valence-corrected chi connectivity index (χ2v) is 8.12. The lowest BCUT2D eigenvalue weighted by Crippen LogP contribution is -2.38. The zero-order valence-corrected chi connectivity index (χ0v) is 16.9. The third-order valence-electron chi connectivity index (χ3n) is 6.16. The molecule has 150 valence electrons. The Balaban J connectivity index is 1.21. The zero-order valence-electron chi connectivity index (χ0n) is 16.9. The van der Waals surface area contributed by atoms with E-state index in [4.69, 9.17) is 4.74 Å². The van der Waals surface area contributed by atoms with E-state index in [1.165, 1.54) is 11.1 Å². The summed E-state index contributed by atoms with van der Waals surface area (Å²) in [6.07, 6.45) is 3.27. The fourth-order valence-corrected chi connectivity index (χ4v) is 4.24. The number of carbonyl (C=O) groups excluding carboxylic acids is 1. The molecule has 28 heavy (non-hydrogen) atoms. The van der Waals surface area contributed by atoms with E-state index in [2.05, 4.69) is 46.5 Å². The first-order valence-corrected chi connectivity index (χ1v) is 10.3. The summed E-state index contributed by atoms with van der Waals surface area (Å²) >= 11 is 0. The predicted molar refractivity (Wildman–Crippen MR) is 108 cm³/mol. The highest BCUT2D eigenvalue weighted by Crippen LogP contribution is 2.21. The maximum Gasteiger partial charge on any atom is 0.271 e. The van der Waals surface area contributed by atoms with E-state index in [-0.39, 0.29) is 12.0 Å². The van der Waals surface area contributed by atoms with Crippen LogP contribution in [0.1, 0.15) is 40.2 Å².